The van der Waals surface area contributed by atoms with E-state index in [4.69, 9.17) is 9.26 Å². The molecule has 0 unspecified atom stereocenters. The number of anilines is 1. The first-order valence-corrected chi connectivity index (χ1v) is 6.38. The zero-order chi connectivity index (χ0) is 13.7. The fourth-order valence-corrected chi connectivity index (χ4v) is 1.91. The molecule has 2 heterocycles. The van der Waals surface area contributed by atoms with Crippen LogP contribution < -0.4 is 5.32 Å². The highest BCUT2D eigenvalue weighted by Crippen LogP contribution is 2.11. The van der Waals surface area contributed by atoms with E-state index in [0.29, 0.717) is 6.54 Å². The predicted octanol–water partition coefficient (Wildman–Crippen LogP) is 2.14. The number of hydrogen-bond donors (Lipinski definition) is 1. The Kier molecular flexibility index (Phi) is 4.57. The molecule has 0 fully saturated rings. The lowest BCUT2D eigenvalue weighted by molar-refractivity contribution is 0.190. The second-order valence-electron chi connectivity index (χ2n) is 4.53. The van der Waals surface area contributed by atoms with Gasteiger partial charge in [0, 0.05) is 32.5 Å². The normalized spacial score (nSPS) is 10.9. The van der Waals surface area contributed by atoms with Gasteiger partial charge >= 0.3 is 0 Å². The summed E-state index contributed by atoms with van der Waals surface area (Å²) in [5, 5.41) is 7.23. The summed E-state index contributed by atoms with van der Waals surface area (Å²) >= 11 is 0. The number of nitrogens with one attached hydrogen (secondary N) is 1. The summed E-state index contributed by atoms with van der Waals surface area (Å²) < 4.78 is 12.2. The van der Waals surface area contributed by atoms with Crippen LogP contribution in [0.2, 0.25) is 0 Å². The van der Waals surface area contributed by atoms with Crippen molar-refractivity contribution in [3.8, 4) is 0 Å². The second kappa shape index (κ2) is 6.38. The SMILES string of the molecule is COCCCn1cc(C)nc1NCc1cc(C)on1. The van der Waals surface area contributed by atoms with E-state index in [0.717, 1.165) is 42.7 Å². The molecule has 19 heavy (non-hydrogen) atoms. The zero-order valence-electron chi connectivity index (χ0n) is 11.6. The van der Waals surface area contributed by atoms with Gasteiger partial charge in [0.1, 0.15) is 11.5 Å². The van der Waals surface area contributed by atoms with E-state index in [9.17, 15) is 0 Å². The van der Waals surface area contributed by atoms with Gasteiger partial charge in [-0.05, 0) is 20.3 Å². The molecule has 0 saturated heterocycles. The molecule has 0 saturated carbocycles. The number of ether oxygens (including phenoxy) is 1. The fraction of sp³-hybridized carbons (Fsp3) is 0.538. The number of nitrogens with zero attached hydrogens (tertiary/aromatic N) is 3. The Bertz CT molecular complexity index is 518. The molecule has 2 rings (SSSR count). The molecule has 0 spiro atoms. The van der Waals surface area contributed by atoms with Gasteiger partial charge in [0.05, 0.1) is 12.2 Å². The van der Waals surface area contributed by atoms with E-state index in [1.54, 1.807) is 7.11 Å². The second-order valence-corrected chi connectivity index (χ2v) is 4.53. The molecule has 0 aliphatic heterocycles. The molecular weight excluding hydrogens is 244 g/mol. The van der Waals surface area contributed by atoms with Crippen molar-refractivity contribution in [2.24, 2.45) is 0 Å². The third-order valence-corrected chi connectivity index (χ3v) is 2.75. The van der Waals surface area contributed by atoms with E-state index in [1.165, 1.54) is 0 Å². The highest BCUT2D eigenvalue weighted by Gasteiger charge is 2.06. The van der Waals surface area contributed by atoms with E-state index < -0.39 is 0 Å². The summed E-state index contributed by atoms with van der Waals surface area (Å²) in [7, 11) is 1.71. The molecule has 6 nitrogen and oxygen atoms in total. The van der Waals surface area contributed by atoms with Crippen LogP contribution in [0.15, 0.2) is 16.8 Å². The number of hydrogen-bond acceptors (Lipinski definition) is 5. The van der Waals surface area contributed by atoms with Gasteiger partial charge in [-0.1, -0.05) is 5.16 Å². The number of imidazole rings is 1. The smallest absolute Gasteiger partial charge is 0.203 e. The lowest BCUT2D eigenvalue weighted by Gasteiger charge is -2.08. The van der Waals surface area contributed by atoms with Gasteiger partial charge in [0.25, 0.3) is 0 Å². The monoisotopic (exact) mass is 264 g/mol. The van der Waals surface area contributed by atoms with E-state index >= 15 is 0 Å². The zero-order valence-corrected chi connectivity index (χ0v) is 11.6. The lowest BCUT2D eigenvalue weighted by Crippen LogP contribution is -2.08. The van der Waals surface area contributed by atoms with Crippen LogP contribution in [-0.2, 0) is 17.8 Å². The predicted molar refractivity (Wildman–Crippen MR) is 72.0 cm³/mol. The molecule has 0 aromatic carbocycles. The summed E-state index contributed by atoms with van der Waals surface area (Å²) in [5.74, 6) is 1.67. The minimum atomic E-state index is 0.609. The van der Waals surface area contributed by atoms with Crippen LogP contribution in [0.1, 0.15) is 23.6 Å². The standard InChI is InChI=1S/C13H20N4O2/c1-10-9-17(5-4-6-18-3)13(15-10)14-8-12-7-11(2)19-16-12/h7,9H,4-6,8H2,1-3H3,(H,14,15). The lowest BCUT2D eigenvalue weighted by atomic mass is 10.4. The molecule has 0 radical (unpaired) electrons. The first kappa shape index (κ1) is 13.6. The third-order valence-electron chi connectivity index (χ3n) is 2.75. The average Bonchev–Trinajstić information content (AvgIpc) is 2.94. The van der Waals surface area contributed by atoms with Gasteiger partial charge < -0.3 is 19.1 Å². The Morgan fingerprint density at radius 2 is 2.26 bits per heavy atom. The molecule has 0 aliphatic rings. The van der Waals surface area contributed by atoms with Gasteiger partial charge in [-0.2, -0.15) is 0 Å². The molecule has 0 atom stereocenters. The average molecular weight is 264 g/mol. The van der Waals surface area contributed by atoms with Crippen molar-refractivity contribution >= 4 is 5.95 Å². The van der Waals surface area contributed by atoms with Crippen molar-refractivity contribution in [2.75, 3.05) is 19.0 Å². The number of aryl methyl sites for hydroxylation is 3. The number of aromatic nitrogens is 3. The summed E-state index contributed by atoms with van der Waals surface area (Å²) in [4.78, 5) is 4.46. The van der Waals surface area contributed by atoms with Crippen LogP contribution in [0.3, 0.4) is 0 Å². The number of rotatable bonds is 7. The van der Waals surface area contributed by atoms with Crippen LogP contribution in [0.4, 0.5) is 5.95 Å². The van der Waals surface area contributed by atoms with Crippen LogP contribution >= 0.6 is 0 Å². The molecule has 0 aliphatic carbocycles. The van der Waals surface area contributed by atoms with Gasteiger partial charge in [-0.25, -0.2) is 4.98 Å². The van der Waals surface area contributed by atoms with Crippen molar-refractivity contribution in [1.82, 2.24) is 14.7 Å². The summed E-state index contributed by atoms with van der Waals surface area (Å²) in [6, 6.07) is 1.91. The Morgan fingerprint density at radius 1 is 1.42 bits per heavy atom. The topological polar surface area (TPSA) is 65.1 Å². The van der Waals surface area contributed by atoms with Crippen molar-refractivity contribution in [1.29, 1.82) is 0 Å². The molecule has 2 aromatic rings. The Balaban J connectivity index is 1.95. The Morgan fingerprint density at radius 3 is 2.95 bits per heavy atom. The summed E-state index contributed by atoms with van der Waals surface area (Å²) in [6.07, 6.45) is 3.00. The van der Waals surface area contributed by atoms with Crippen LogP contribution in [-0.4, -0.2) is 28.4 Å². The maximum atomic E-state index is 5.07. The molecule has 104 valence electrons. The van der Waals surface area contributed by atoms with Crippen LogP contribution in [0.5, 0.6) is 0 Å². The largest absolute Gasteiger partial charge is 0.385 e. The van der Waals surface area contributed by atoms with Gasteiger partial charge in [0.15, 0.2) is 0 Å². The molecule has 6 heteroatoms. The van der Waals surface area contributed by atoms with Gasteiger partial charge in [-0.15, -0.1) is 0 Å². The van der Waals surface area contributed by atoms with Gasteiger partial charge in [0.2, 0.25) is 5.95 Å². The van der Waals surface area contributed by atoms with Crippen molar-refractivity contribution in [2.45, 2.75) is 33.4 Å². The minimum Gasteiger partial charge on any atom is -0.385 e. The molecule has 0 amide bonds. The summed E-state index contributed by atoms with van der Waals surface area (Å²) in [6.45, 7) is 6.11. The van der Waals surface area contributed by atoms with Crippen molar-refractivity contribution in [3.05, 3.63) is 29.4 Å². The third kappa shape index (κ3) is 3.82. The molecular formula is C13H20N4O2. The highest BCUT2D eigenvalue weighted by molar-refractivity contribution is 5.29. The van der Waals surface area contributed by atoms with Crippen LogP contribution in [0.25, 0.3) is 0 Å². The van der Waals surface area contributed by atoms with Gasteiger partial charge in [-0.3, -0.25) is 0 Å². The summed E-state index contributed by atoms with van der Waals surface area (Å²) in [5.41, 5.74) is 1.87. The maximum Gasteiger partial charge on any atom is 0.203 e. The highest BCUT2D eigenvalue weighted by atomic mass is 16.5. The van der Waals surface area contributed by atoms with E-state index in [1.807, 2.05) is 26.1 Å². The maximum absolute atomic E-state index is 5.07. The first-order valence-electron chi connectivity index (χ1n) is 6.38. The van der Waals surface area contributed by atoms with E-state index in [2.05, 4.69) is 20.0 Å². The molecule has 0 bridgehead atoms. The molecule has 1 N–H and O–H groups in total. The van der Waals surface area contributed by atoms with Crippen LogP contribution in [0, 0.1) is 13.8 Å². The number of methoxy groups -OCH3 is 1. The minimum absolute atomic E-state index is 0.609. The van der Waals surface area contributed by atoms with Crippen molar-refractivity contribution < 1.29 is 9.26 Å². The van der Waals surface area contributed by atoms with E-state index in [-0.39, 0.29) is 0 Å². The molecule has 2 aromatic heterocycles. The van der Waals surface area contributed by atoms with Crippen molar-refractivity contribution in [3.63, 3.8) is 0 Å². The first-order chi connectivity index (χ1) is 9.19. The Labute approximate surface area is 112 Å². The quantitative estimate of drug-likeness (QED) is 0.776. The fourth-order valence-electron chi connectivity index (χ4n) is 1.91. The Hall–Kier alpha value is -1.82.